The van der Waals surface area contributed by atoms with Gasteiger partial charge in [0.25, 0.3) is 0 Å². The van der Waals surface area contributed by atoms with E-state index in [0.29, 0.717) is 24.7 Å². The minimum absolute atomic E-state index is 0.112. The number of aromatic nitrogens is 2. The fourth-order valence-electron chi connectivity index (χ4n) is 1.53. The maximum Gasteiger partial charge on any atom is 0.240 e. The first-order valence-electron chi connectivity index (χ1n) is 6.02. The zero-order valence-corrected chi connectivity index (χ0v) is 11.6. The van der Waals surface area contributed by atoms with Crippen LogP contribution in [0.25, 0.3) is 0 Å². The van der Waals surface area contributed by atoms with Crippen molar-refractivity contribution in [2.45, 2.75) is 11.4 Å². The highest BCUT2D eigenvalue weighted by atomic mass is 32.2. The number of H-pyrrole nitrogens is 1. The number of sulfonamides is 1. The SMILES string of the molecule is NCCOc1ccc(S(=O)(=O)NCc2ncc[nH]2)cc1. The van der Waals surface area contributed by atoms with Crippen LogP contribution in [0, 0.1) is 0 Å². The van der Waals surface area contributed by atoms with Crippen LogP contribution in [0.3, 0.4) is 0 Å². The molecule has 8 heteroatoms. The van der Waals surface area contributed by atoms with Crippen LogP contribution in [0.5, 0.6) is 5.75 Å². The molecule has 0 spiro atoms. The van der Waals surface area contributed by atoms with Crippen molar-refractivity contribution in [2.24, 2.45) is 5.73 Å². The Morgan fingerprint density at radius 3 is 2.65 bits per heavy atom. The summed E-state index contributed by atoms with van der Waals surface area (Å²) in [5.74, 6) is 1.14. The lowest BCUT2D eigenvalue weighted by Crippen LogP contribution is -2.23. The largest absolute Gasteiger partial charge is 0.492 e. The van der Waals surface area contributed by atoms with E-state index in [1.165, 1.54) is 12.1 Å². The Hall–Kier alpha value is -1.90. The maximum absolute atomic E-state index is 12.0. The van der Waals surface area contributed by atoms with Gasteiger partial charge in [0.2, 0.25) is 10.0 Å². The van der Waals surface area contributed by atoms with Gasteiger partial charge in [-0.3, -0.25) is 0 Å². The van der Waals surface area contributed by atoms with Gasteiger partial charge in [-0.25, -0.2) is 18.1 Å². The van der Waals surface area contributed by atoms with Crippen molar-refractivity contribution in [3.05, 3.63) is 42.5 Å². The monoisotopic (exact) mass is 296 g/mol. The number of hydrogen-bond donors (Lipinski definition) is 3. The highest BCUT2D eigenvalue weighted by molar-refractivity contribution is 7.89. The number of nitrogens with one attached hydrogen (secondary N) is 2. The van der Waals surface area contributed by atoms with Gasteiger partial charge in [0, 0.05) is 18.9 Å². The van der Waals surface area contributed by atoms with E-state index in [9.17, 15) is 8.42 Å². The molecule has 0 saturated carbocycles. The van der Waals surface area contributed by atoms with Crippen molar-refractivity contribution in [3.8, 4) is 5.75 Å². The lowest BCUT2D eigenvalue weighted by molar-refractivity contribution is 0.328. The summed E-state index contributed by atoms with van der Waals surface area (Å²) in [5.41, 5.74) is 5.32. The Morgan fingerprint density at radius 2 is 2.05 bits per heavy atom. The van der Waals surface area contributed by atoms with Gasteiger partial charge in [0.05, 0.1) is 11.4 Å². The molecule has 0 amide bonds. The second-order valence-corrected chi connectivity index (χ2v) is 5.74. The van der Waals surface area contributed by atoms with Crippen molar-refractivity contribution >= 4 is 10.0 Å². The van der Waals surface area contributed by atoms with Gasteiger partial charge in [0.15, 0.2) is 0 Å². The van der Waals surface area contributed by atoms with Gasteiger partial charge in [-0.2, -0.15) is 0 Å². The van der Waals surface area contributed by atoms with E-state index >= 15 is 0 Å². The number of benzene rings is 1. The number of nitrogens with zero attached hydrogens (tertiary/aromatic N) is 1. The van der Waals surface area contributed by atoms with Crippen molar-refractivity contribution in [3.63, 3.8) is 0 Å². The third kappa shape index (κ3) is 3.80. The summed E-state index contributed by atoms with van der Waals surface area (Å²) in [5, 5.41) is 0. The standard InChI is InChI=1S/C12H16N4O3S/c13-5-8-19-10-1-3-11(4-2-10)20(17,18)16-9-12-14-6-7-15-12/h1-4,6-7,16H,5,8-9,13H2,(H,14,15). The van der Waals surface area contributed by atoms with Crippen molar-refractivity contribution < 1.29 is 13.2 Å². The molecule has 1 aromatic carbocycles. The lowest BCUT2D eigenvalue weighted by Gasteiger charge is -2.07. The van der Waals surface area contributed by atoms with Gasteiger partial charge in [-0.05, 0) is 24.3 Å². The van der Waals surface area contributed by atoms with Crippen molar-refractivity contribution in [1.82, 2.24) is 14.7 Å². The molecule has 0 aliphatic heterocycles. The molecule has 1 aromatic heterocycles. The average molecular weight is 296 g/mol. The van der Waals surface area contributed by atoms with Gasteiger partial charge in [-0.1, -0.05) is 0 Å². The first-order chi connectivity index (χ1) is 9.62. The summed E-state index contributed by atoms with van der Waals surface area (Å²) in [4.78, 5) is 6.94. The van der Waals surface area contributed by atoms with E-state index in [2.05, 4.69) is 14.7 Å². The fourth-order valence-corrected chi connectivity index (χ4v) is 2.52. The molecule has 0 aliphatic rings. The summed E-state index contributed by atoms with van der Waals surface area (Å²) in [7, 11) is -3.56. The number of aromatic amines is 1. The molecule has 0 saturated heterocycles. The minimum Gasteiger partial charge on any atom is -0.492 e. The van der Waals surface area contributed by atoms with Gasteiger partial charge >= 0.3 is 0 Å². The molecule has 0 atom stereocenters. The molecule has 4 N–H and O–H groups in total. The summed E-state index contributed by atoms with van der Waals surface area (Å²) in [6.45, 7) is 0.911. The quantitative estimate of drug-likeness (QED) is 0.677. The fraction of sp³-hybridized carbons (Fsp3) is 0.250. The lowest BCUT2D eigenvalue weighted by atomic mass is 10.3. The third-order valence-corrected chi connectivity index (χ3v) is 3.92. The third-order valence-electron chi connectivity index (χ3n) is 2.51. The topological polar surface area (TPSA) is 110 Å². The molecule has 1 heterocycles. The Kier molecular flexibility index (Phi) is 4.72. The second-order valence-electron chi connectivity index (χ2n) is 3.97. The second kappa shape index (κ2) is 6.51. The number of nitrogens with two attached hydrogens (primary N) is 1. The summed E-state index contributed by atoms with van der Waals surface area (Å²) in [6, 6.07) is 6.15. The first kappa shape index (κ1) is 14.5. The van der Waals surface area contributed by atoms with Crippen LogP contribution in [0.1, 0.15) is 5.82 Å². The zero-order chi connectivity index (χ0) is 14.4. The molecule has 20 heavy (non-hydrogen) atoms. The predicted octanol–water partition coefficient (Wildman–Crippen LogP) is 0.226. The van der Waals surface area contributed by atoms with E-state index in [0.717, 1.165) is 0 Å². The Balaban J connectivity index is 2.01. The molecular weight excluding hydrogens is 280 g/mol. The predicted molar refractivity (Wildman–Crippen MR) is 73.6 cm³/mol. The highest BCUT2D eigenvalue weighted by Crippen LogP contribution is 2.15. The Bertz CT molecular complexity index is 623. The van der Waals surface area contributed by atoms with E-state index in [1.54, 1.807) is 24.5 Å². The summed E-state index contributed by atoms with van der Waals surface area (Å²) < 4.78 is 31.8. The first-order valence-corrected chi connectivity index (χ1v) is 7.51. The molecule has 108 valence electrons. The van der Waals surface area contributed by atoms with Gasteiger partial charge < -0.3 is 15.5 Å². The normalized spacial score (nSPS) is 11.4. The molecule has 0 aliphatic carbocycles. The van der Waals surface area contributed by atoms with E-state index < -0.39 is 10.0 Å². The van der Waals surface area contributed by atoms with E-state index in [1.807, 2.05) is 0 Å². The molecule has 0 radical (unpaired) electrons. The van der Waals surface area contributed by atoms with Gasteiger partial charge in [-0.15, -0.1) is 0 Å². The average Bonchev–Trinajstić information content (AvgIpc) is 2.97. The van der Waals surface area contributed by atoms with E-state index in [4.69, 9.17) is 10.5 Å². The molecule has 0 unspecified atom stereocenters. The van der Waals surface area contributed by atoms with E-state index in [-0.39, 0.29) is 11.4 Å². The number of ether oxygens (including phenoxy) is 1. The number of rotatable bonds is 7. The number of hydrogen-bond acceptors (Lipinski definition) is 5. The summed E-state index contributed by atoms with van der Waals surface area (Å²) in [6.07, 6.45) is 3.19. The van der Waals surface area contributed by atoms with Gasteiger partial charge in [0.1, 0.15) is 18.2 Å². The highest BCUT2D eigenvalue weighted by Gasteiger charge is 2.14. The summed E-state index contributed by atoms with van der Waals surface area (Å²) >= 11 is 0. The number of imidazole rings is 1. The molecule has 2 aromatic rings. The zero-order valence-electron chi connectivity index (χ0n) is 10.7. The Morgan fingerprint density at radius 1 is 1.30 bits per heavy atom. The maximum atomic E-state index is 12.0. The minimum atomic E-state index is -3.56. The van der Waals surface area contributed by atoms with Crippen LogP contribution in [0.2, 0.25) is 0 Å². The van der Waals surface area contributed by atoms with Crippen LogP contribution in [0.4, 0.5) is 0 Å². The van der Waals surface area contributed by atoms with Crippen LogP contribution >= 0.6 is 0 Å². The molecular formula is C12H16N4O3S. The van der Waals surface area contributed by atoms with Crippen LogP contribution in [-0.2, 0) is 16.6 Å². The Labute approximate surface area is 117 Å². The van der Waals surface area contributed by atoms with Crippen LogP contribution in [-0.4, -0.2) is 31.5 Å². The van der Waals surface area contributed by atoms with Crippen molar-refractivity contribution in [2.75, 3.05) is 13.2 Å². The molecule has 2 rings (SSSR count). The molecule has 0 bridgehead atoms. The molecule has 7 nitrogen and oxygen atoms in total. The van der Waals surface area contributed by atoms with Crippen molar-refractivity contribution in [1.29, 1.82) is 0 Å². The smallest absolute Gasteiger partial charge is 0.240 e. The molecule has 0 fully saturated rings. The van der Waals surface area contributed by atoms with Crippen LogP contribution in [0.15, 0.2) is 41.6 Å². The van der Waals surface area contributed by atoms with Crippen LogP contribution < -0.4 is 15.2 Å².